The van der Waals surface area contributed by atoms with E-state index in [4.69, 9.17) is 28.0 Å². The van der Waals surface area contributed by atoms with Gasteiger partial charge in [0.1, 0.15) is 17.5 Å². The number of nitrogens with zero attached hydrogens (tertiary/aromatic N) is 2. The van der Waals surface area contributed by atoms with Crippen LogP contribution in [0.3, 0.4) is 0 Å². The van der Waals surface area contributed by atoms with Crippen LogP contribution in [-0.4, -0.2) is 29.3 Å². The van der Waals surface area contributed by atoms with Crippen molar-refractivity contribution >= 4 is 34.8 Å². The molecule has 29 heavy (non-hydrogen) atoms. The van der Waals surface area contributed by atoms with Gasteiger partial charge in [-0.2, -0.15) is 13.2 Å². The van der Waals surface area contributed by atoms with Crippen LogP contribution in [0.15, 0.2) is 41.7 Å². The van der Waals surface area contributed by atoms with Crippen molar-refractivity contribution in [1.82, 2.24) is 10.3 Å². The van der Waals surface area contributed by atoms with Crippen LogP contribution in [0.5, 0.6) is 0 Å². The molecule has 0 saturated carbocycles. The molecule has 10 heteroatoms. The highest BCUT2D eigenvalue weighted by molar-refractivity contribution is 6.36. The molecule has 1 N–H and O–H groups in total. The van der Waals surface area contributed by atoms with Crippen LogP contribution in [0.2, 0.25) is 10.0 Å². The van der Waals surface area contributed by atoms with Crippen LogP contribution >= 0.6 is 23.2 Å². The fraction of sp³-hybridized carbons (Fsp3) is 0.316. The van der Waals surface area contributed by atoms with E-state index in [9.17, 15) is 18.0 Å². The molecule has 156 valence electrons. The van der Waals surface area contributed by atoms with Crippen LogP contribution in [-0.2, 0) is 11.0 Å². The fourth-order valence-corrected chi connectivity index (χ4v) is 2.69. The molecule has 1 unspecified atom stereocenters. The number of amides is 1. The number of carbonyl (C=O) groups excluding carboxylic acids is 1. The number of carbonyl (C=O) groups is 1. The average Bonchev–Trinajstić information content (AvgIpc) is 2.67. The van der Waals surface area contributed by atoms with Gasteiger partial charge < -0.3 is 10.2 Å². The first-order chi connectivity index (χ1) is 13.6. The minimum atomic E-state index is -4.66. The molecule has 5 nitrogen and oxygen atoms in total. The maximum Gasteiger partial charge on any atom is 0.417 e. The number of hydrogen-bond acceptors (Lipinski definition) is 4. The summed E-state index contributed by atoms with van der Waals surface area (Å²) in [6, 6.07) is 5.93. The van der Waals surface area contributed by atoms with Gasteiger partial charge in [0.15, 0.2) is 0 Å². The van der Waals surface area contributed by atoms with Crippen molar-refractivity contribution in [2.45, 2.75) is 32.5 Å². The van der Waals surface area contributed by atoms with Gasteiger partial charge in [-0.3, -0.25) is 9.78 Å². The lowest BCUT2D eigenvalue weighted by molar-refractivity contribution is -0.137. The van der Waals surface area contributed by atoms with Crippen molar-refractivity contribution in [2.75, 3.05) is 6.54 Å². The molecule has 1 aromatic heterocycles. The highest BCUT2D eigenvalue weighted by Crippen LogP contribution is 2.31. The van der Waals surface area contributed by atoms with Gasteiger partial charge in [-0.25, -0.2) is 0 Å². The first kappa shape index (κ1) is 23.0. The zero-order chi connectivity index (χ0) is 21.6. The van der Waals surface area contributed by atoms with Crippen LogP contribution in [0, 0.1) is 0 Å². The minimum absolute atomic E-state index is 0.143. The third-order valence-electron chi connectivity index (χ3n) is 3.89. The highest BCUT2D eigenvalue weighted by atomic mass is 35.5. The standard InChI is InChI=1S/C19H18Cl2F3N3O2/c1-3-11(2)29-27-16(17-15(21)8-12(20)9-25-17)10-26-18(28)13-6-4-5-7-14(13)19(22,23)24/h4-9,11H,3,10H2,1-2H3,(H,26,28)/b27-16+. The number of alkyl halides is 3. The first-order valence-electron chi connectivity index (χ1n) is 8.62. The highest BCUT2D eigenvalue weighted by Gasteiger charge is 2.34. The number of aromatic nitrogens is 1. The van der Waals surface area contributed by atoms with Gasteiger partial charge in [0.05, 0.1) is 27.7 Å². The van der Waals surface area contributed by atoms with Crippen molar-refractivity contribution in [3.8, 4) is 0 Å². The first-order valence-corrected chi connectivity index (χ1v) is 9.37. The molecule has 2 aromatic rings. The molecule has 0 radical (unpaired) electrons. The predicted octanol–water partition coefficient (Wildman–Crippen LogP) is 5.36. The van der Waals surface area contributed by atoms with E-state index in [1.54, 1.807) is 6.92 Å². The molecule has 1 atom stereocenters. The van der Waals surface area contributed by atoms with E-state index < -0.39 is 23.2 Å². The SMILES string of the molecule is CCC(C)O/N=C(\CNC(=O)c1ccccc1C(F)(F)F)c1ncc(Cl)cc1Cl. The zero-order valence-corrected chi connectivity index (χ0v) is 17.1. The van der Waals surface area contributed by atoms with Crippen LogP contribution in [0.4, 0.5) is 13.2 Å². The fourth-order valence-electron chi connectivity index (χ4n) is 2.20. The summed E-state index contributed by atoms with van der Waals surface area (Å²) in [5.41, 5.74) is -1.19. The second-order valence-electron chi connectivity index (χ2n) is 6.07. The summed E-state index contributed by atoms with van der Waals surface area (Å²) in [6.45, 7) is 3.43. The van der Waals surface area contributed by atoms with E-state index in [-0.39, 0.29) is 29.1 Å². The second-order valence-corrected chi connectivity index (χ2v) is 6.92. The number of pyridine rings is 1. The molecule has 0 saturated heterocycles. The maximum absolute atomic E-state index is 13.1. The van der Waals surface area contributed by atoms with Gasteiger partial charge in [-0.15, -0.1) is 0 Å². The summed E-state index contributed by atoms with van der Waals surface area (Å²) in [7, 11) is 0. The van der Waals surface area contributed by atoms with Crippen molar-refractivity contribution in [3.05, 3.63) is 63.4 Å². The van der Waals surface area contributed by atoms with Crippen molar-refractivity contribution in [2.24, 2.45) is 5.16 Å². The van der Waals surface area contributed by atoms with Crippen LogP contribution in [0.1, 0.15) is 41.9 Å². The minimum Gasteiger partial charge on any atom is -0.392 e. The van der Waals surface area contributed by atoms with Crippen molar-refractivity contribution in [3.63, 3.8) is 0 Å². The van der Waals surface area contributed by atoms with Gasteiger partial charge in [0.25, 0.3) is 5.91 Å². The van der Waals surface area contributed by atoms with E-state index >= 15 is 0 Å². The number of rotatable bonds is 7. The van der Waals surface area contributed by atoms with Gasteiger partial charge in [0.2, 0.25) is 0 Å². The number of oxime groups is 1. The zero-order valence-electron chi connectivity index (χ0n) is 15.6. The quantitative estimate of drug-likeness (QED) is 0.459. The third kappa shape index (κ3) is 6.33. The largest absolute Gasteiger partial charge is 0.417 e. The van der Waals surface area contributed by atoms with E-state index in [1.807, 2.05) is 6.92 Å². The Kier molecular flexibility index (Phi) is 7.87. The van der Waals surface area contributed by atoms with Crippen LogP contribution in [0.25, 0.3) is 0 Å². The Balaban J connectivity index is 2.28. The second kappa shape index (κ2) is 9.93. The molecule has 1 aromatic carbocycles. The summed E-state index contributed by atoms with van der Waals surface area (Å²) < 4.78 is 39.4. The van der Waals surface area contributed by atoms with Crippen molar-refractivity contribution < 1.29 is 22.8 Å². The number of benzene rings is 1. The Morgan fingerprint density at radius 1 is 1.31 bits per heavy atom. The Labute approximate surface area is 175 Å². The molecule has 0 fully saturated rings. The Morgan fingerprint density at radius 2 is 2.00 bits per heavy atom. The maximum atomic E-state index is 13.1. The topological polar surface area (TPSA) is 63.6 Å². The summed E-state index contributed by atoms with van der Waals surface area (Å²) in [6.07, 6.45) is -2.88. The molecule has 0 aliphatic rings. The van der Waals surface area contributed by atoms with E-state index in [0.29, 0.717) is 11.4 Å². The summed E-state index contributed by atoms with van der Waals surface area (Å²) in [5.74, 6) is -0.917. The van der Waals surface area contributed by atoms with Crippen molar-refractivity contribution in [1.29, 1.82) is 0 Å². The Hall–Kier alpha value is -2.32. The number of nitrogens with one attached hydrogen (secondary N) is 1. The Bertz CT molecular complexity index is 905. The van der Waals surface area contributed by atoms with E-state index in [2.05, 4.69) is 15.5 Å². The monoisotopic (exact) mass is 447 g/mol. The predicted molar refractivity (Wildman–Crippen MR) is 105 cm³/mol. The number of halogens is 5. The molecule has 2 rings (SSSR count). The van der Waals surface area contributed by atoms with E-state index in [0.717, 1.165) is 12.1 Å². The third-order valence-corrected chi connectivity index (χ3v) is 4.39. The average molecular weight is 448 g/mol. The molecule has 1 heterocycles. The Morgan fingerprint density at radius 3 is 2.62 bits per heavy atom. The molecule has 0 bridgehead atoms. The lowest BCUT2D eigenvalue weighted by Gasteiger charge is -2.14. The summed E-state index contributed by atoms with van der Waals surface area (Å²) in [5, 5.41) is 6.85. The molecular formula is C19H18Cl2F3N3O2. The summed E-state index contributed by atoms with van der Waals surface area (Å²) >= 11 is 12.0. The van der Waals surface area contributed by atoms with Gasteiger partial charge in [-0.1, -0.05) is 47.4 Å². The smallest absolute Gasteiger partial charge is 0.392 e. The summed E-state index contributed by atoms with van der Waals surface area (Å²) in [4.78, 5) is 21.8. The lowest BCUT2D eigenvalue weighted by Crippen LogP contribution is -2.32. The molecule has 0 aliphatic heterocycles. The molecule has 0 spiro atoms. The molecular weight excluding hydrogens is 430 g/mol. The molecule has 1 amide bonds. The molecule has 0 aliphatic carbocycles. The van der Waals surface area contributed by atoms with E-state index in [1.165, 1.54) is 24.4 Å². The van der Waals surface area contributed by atoms with Gasteiger partial charge >= 0.3 is 6.18 Å². The normalized spacial score (nSPS) is 13.1. The van der Waals surface area contributed by atoms with Gasteiger partial charge in [0, 0.05) is 6.20 Å². The van der Waals surface area contributed by atoms with Gasteiger partial charge in [-0.05, 0) is 31.5 Å². The lowest BCUT2D eigenvalue weighted by atomic mass is 10.1. The number of hydrogen-bond donors (Lipinski definition) is 1. The van der Waals surface area contributed by atoms with Crippen LogP contribution < -0.4 is 5.32 Å².